The van der Waals surface area contributed by atoms with Gasteiger partial charge in [0, 0.05) is 19.1 Å². The van der Waals surface area contributed by atoms with Crippen LogP contribution >= 0.6 is 0 Å². The first kappa shape index (κ1) is 16.2. The first-order chi connectivity index (χ1) is 9.86. The molecule has 2 rings (SSSR count). The highest BCUT2D eigenvalue weighted by atomic mass is 19.4. The van der Waals surface area contributed by atoms with E-state index in [1.54, 1.807) is 0 Å². The van der Waals surface area contributed by atoms with Crippen LogP contribution in [0.15, 0.2) is 18.2 Å². The zero-order chi connectivity index (χ0) is 15.6. The Morgan fingerprint density at radius 3 is 2.48 bits per heavy atom. The average Bonchev–Trinajstić information content (AvgIpc) is 3.22. The molecule has 0 saturated heterocycles. The van der Waals surface area contributed by atoms with E-state index < -0.39 is 23.6 Å². The van der Waals surface area contributed by atoms with Crippen molar-refractivity contribution >= 4 is 0 Å². The number of alkyl halides is 3. The van der Waals surface area contributed by atoms with Crippen LogP contribution in [-0.2, 0) is 6.18 Å². The first-order valence-electron chi connectivity index (χ1n) is 7.17. The van der Waals surface area contributed by atoms with Gasteiger partial charge in [0.05, 0.1) is 5.56 Å². The zero-order valence-corrected chi connectivity index (χ0v) is 12.0. The third kappa shape index (κ3) is 3.95. The van der Waals surface area contributed by atoms with Crippen LogP contribution in [0.2, 0.25) is 0 Å². The van der Waals surface area contributed by atoms with Gasteiger partial charge in [0.2, 0.25) is 0 Å². The van der Waals surface area contributed by atoms with Gasteiger partial charge in [0.15, 0.2) is 0 Å². The largest absolute Gasteiger partial charge is 0.416 e. The number of benzene rings is 1. The number of nitrogens with two attached hydrogens (primary N) is 1. The highest BCUT2D eigenvalue weighted by Crippen LogP contribution is 2.38. The molecule has 0 amide bonds. The standard InChI is InChI=1S/C15H20F4N2/c1-2-21(9-10-3-4-10)14(8-20)12-6-5-11(16)7-13(12)15(17,18)19/h5-7,10,14H,2-4,8-9,20H2,1H3. The molecule has 21 heavy (non-hydrogen) atoms. The predicted octanol–water partition coefficient (Wildman–Crippen LogP) is 3.58. The van der Waals surface area contributed by atoms with Gasteiger partial charge in [-0.05, 0) is 43.0 Å². The zero-order valence-electron chi connectivity index (χ0n) is 12.0. The normalized spacial score (nSPS) is 17.3. The van der Waals surface area contributed by atoms with E-state index in [0.29, 0.717) is 18.5 Å². The molecule has 1 fully saturated rings. The summed E-state index contributed by atoms with van der Waals surface area (Å²) in [5.41, 5.74) is 4.86. The Bertz CT molecular complexity index is 483. The fraction of sp³-hybridized carbons (Fsp3) is 0.600. The van der Waals surface area contributed by atoms with Crippen molar-refractivity contribution in [3.8, 4) is 0 Å². The second-order valence-electron chi connectivity index (χ2n) is 5.51. The maximum absolute atomic E-state index is 13.2. The van der Waals surface area contributed by atoms with Crippen LogP contribution in [-0.4, -0.2) is 24.5 Å². The molecule has 1 aromatic carbocycles. The maximum Gasteiger partial charge on any atom is 0.416 e. The topological polar surface area (TPSA) is 29.3 Å². The molecule has 1 aliphatic carbocycles. The summed E-state index contributed by atoms with van der Waals surface area (Å²) in [7, 11) is 0. The Morgan fingerprint density at radius 2 is 2.00 bits per heavy atom. The minimum Gasteiger partial charge on any atom is -0.329 e. The molecular weight excluding hydrogens is 284 g/mol. The summed E-state index contributed by atoms with van der Waals surface area (Å²) in [6.07, 6.45) is -2.35. The Kier molecular flexibility index (Phi) is 4.88. The van der Waals surface area contributed by atoms with Crippen molar-refractivity contribution < 1.29 is 17.6 Å². The molecule has 2 N–H and O–H groups in total. The molecule has 0 aromatic heterocycles. The van der Waals surface area contributed by atoms with Crippen molar-refractivity contribution in [3.05, 3.63) is 35.1 Å². The maximum atomic E-state index is 13.2. The Balaban J connectivity index is 2.35. The van der Waals surface area contributed by atoms with E-state index >= 15 is 0 Å². The van der Waals surface area contributed by atoms with Crippen molar-refractivity contribution in [3.63, 3.8) is 0 Å². The van der Waals surface area contributed by atoms with Crippen molar-refractivity contribution in [2.24, 2.45) is 11.7 Å². The smallest absolute Gasteiger partial charge is 0.329 e. The fourth-order valence-electron chi connectivity index (χ4n) is 2.65. The first-order valence-corrected chi connectivity index (χ1v) is 7.17. The van der Waals surface area contributed by atoms with Gasteiger partial charge in [-0.25, -0.2) is 4.39 Å². The van der Waals surface area contributed by atoms with Gasteiger partial charge >= 0.3 is 6.18 Å². The highest BCUT2D eigenvalue weighted by molar-refractivity contribution is 5.33. The summed E-state index contributed by atoms with van der Waals surface area (Å²) in [5.74, 6) is -0.333. The summed E-state index contributed by atoms with van der Waals surface area (Å²) in [6.45, 7) is 3.34. The van der Waals surface area contributed by atoms with Gasteiger partial charge in [0.25, 0.3) is 0 Å². The van der Waals surface area contributed by atoms with E-state index in [1.165, 1.54) is 6.07 Å². The van der Waals surface area contributed by atoms with Crippen LogP contribution in [0.4, 0.5) is 17.6 Å². The number of hydrogen-bond acceptors (Lipinski definition) is 2. The van der Waals surface area contributed by atoms with Crippen molar-refractivity contribution in [1.82, 2.24) is 4.90 Å². The fourth-order valence-corrected chi connectivity index (χ4v) is 2.65. The van der Waals surface area contributed by atoms with E-state index in [1.807, 2.05) is 11.8 Å². The van der Waals surface area contributed by atoms with Gasteiger partial charge in [-0.3, -0.25) is 4.90 Å². The van der Waals surface area contributed by atoms with Gasteiger partial charge in [-0.2, -0.15) is 13.2 Å². The molecule has 0 bridgehead atoms. The number of halogens is 4. The number of hydrogen-bond donors (Lipinski definition) is 1. The SMILES string of the molecule is CCN(CC1CC1)C(CN)c1ccc(F)cc1C(F)(F)F. The third-order valence-electron chi connectivity index (χ3n) is 3.94. The molecule has 0 aliphatic heterocycles. The van der Waals surface area contributed by atoms with Crippen LogP contribution in [0.5, 0.6) is 0 Å². The minimum absolute atomic E-state index is 0.0638. The van der Waals surface area contributed by atoms with Crippen LogP contribution < -0.4 is 5.73 Å². The highest BCUT2D eigenvalue weighted by Gasteiger charge is 2.37. The lowest BCUT2D eigenvalue weighted by Gasteiger charge is -2.32. The van der Waals surface area contributed by atoms with Gasteiger partial charge in [-0.15, -0.1) is 0 Å². The lowest BCUT2D eigenvalue weighted by molar-refractivity contribution is -0.139. The summed E-state index contributed by atoms with van der Waals surface area (Å²) >= 11 is 0. The molecule has 0 radical (unpaired) electrons. The third-order valence-corrected chi connectivity index (χ3v) is 3.94. The summed E-state index contributed by atoms with van der Waals surface area (Å²) in [6, 6.07) is 2.31. The van der Waals surface area contributed by atoms with Crippen molar-refractivity contribution in [2.45, 2.75) is 32.0 Å². The Hall–Kier alpha value is -1.14. The lowest BCUT2D eigenvalue weighted by Crippen LogP contribution is -2.36. The second kappa shape index (κ2) is 6.32. The van der Waals surface area contributed by atoms with E-state index in [2.05, 4.69) is 0 Å². The molecule has 1 atom stereocenters. The second-order valence-corrected chi connectivity index (χ2v) is 5.51. The van der Waals surface area contributed by atoms with Crippen LogP contribution in [0.3, 0.4) is 0 Å². The number of rotatable bonds is 6. The molecule has 1 aromatic rings. The molecule has 0 spiro atoms. The summed E-state index contributed by atoms with van der Waals surface area (Å²) in [5, 5.41) is 0. The summed E-state index contributed by atoms with van der Waals surface area (Å²) in [4.78, 5) is 1.96. The molecule has 1 unspecified atom stereocenters. The van der Waals surface area contributed by atoms with E-state index in [-0.39, 0.29) is 12.1 Å². The quantitative estimate of drug-likeness (QED) is 0.814. The molecule has 6 heteroatoms. The monoisotopic (exact) mass is 304 g/mol. The van der Waals surface area contributed by atoms with E-state index in [4.69, 9.17) is 5.73 Å². The molecule has 1 saturated carbocycles. The van der Waals surface area contributed by atoms with E-state index in [0.717, 1.165) is 25.5 Å². The van der Waals surface area contributed by atoms with Crippen molar-refractivity contribution in [1.29, 1.82) is 0 Å². The van der Waals surface area contributed by atoms with Gasteiger partial charge in [-0.1, -0.05) is 13.0 Å². The van der Waals surface area contributed by atoms with Crippen LogP contribution in [0.25, 0.3) is 0 Å². The Labute approximate surface area is 121 Å². The Morgan fingerprint density at radius 1 is 1.33 bits per heavy atom. The minimum atomic E-state index is -4.58. The molecule has 118 valence electrons. The summed E-state index contributed by atoms with van der Waals surface area (Å²) < 4.78 is 52.6. The predicted molar refractivity (Wildman–Crippen MR) is 73.2 cm³/mol. The lowest BCUT2D eigenvalue weighted by atomic mass is 9.98. The molecule has 0 heterocycles. The van der Waals surface area contributed by atoms with E-state index in [9.17, 15) is 17.6 Å². The average molecular weight is 304 g/mol. The molecule has 2 nitrogen and oxygen atoms in total. The van der Waals surface area contributed by atoms with Crippen LogP contribution in [0, 0.1) is 11.7 Å². The van der Waals surface area contributed by atoms with Crippen LogP contribution in [0.1, 0.15) is 36.9 Å². The van der Waals surface area contributed by atoms with Gasteiger partial charge < -0.3 is 5.73 Å². The number of likely N-dealkylation sites (N-methyl/N-ethyl adjacent to an activating group) is 1. The number of nitrogens with zero attached hydrogens (tertiary/aromatic N) is 1. The molecule has 1 aliphatic rings. The molecular formula is C15H20F4N2. The van der Waals surface area contributed by atoms with Gasteiger partial charge in [0.1, 0.15) is 5.82 Å². The van der Waals surface area contributed by atoms with Crippen molar-refractivity contribution in [2.75, 3.05) is 19.6 Å².